The van der Waals surface area contributed by atoms with E-state index in [0.717, 1.165) is 5.56 Å². The van der Waals surface area contributed by atoms with Gasteiger partial charge in [-0.15, -0.1) is 0 Å². The van der Waals surface area contributed by atoms with Gasteiger partial charge in [-0.3, -0.25) is 0 Å². The monoisotopic (exact) mass is 250 g/mol. The van der Waals surface area contributed by atoms with Crippen molar-refractivity contribution < 1.29 is 4.39 Å². The van der Waals surface area contributed by atoms with Crippen molar-refractivity contribution in [1.82, 2.24) is 0 Å². The van der Waals surface area contributed by atoms with Crippen molar-refractivity contribution in [3.05, 3.63) is 71.5 Å². The summed E-state index contributed by atoms with van der Waals surface area (Å²) in [5.41, 5.74) is 0.132. The fourth-order valence-electron chi connectivity index (χ4n) is 1.97. The third kappa shape index (κ3) is 2.61. The number of hydrogen-bond donors (Lipinski definition) is 0. The van der Waals surface area contributed by atoms with Gasteiger partial charge in [-0.1, -0.05) is 42.5 Å². The minimum absolute atomic E-state index is 0.284. The molecule has 0 N–H and O–H groups in total. The van der Waals surface area contributed by atoms with Crippen molar-refractivity contribution in [2.24, 2.45) is 0 Å². The fourth-order valence-corrected chi connectivity index (χ4v) is 1.97. The lowest BCUT2D eigenvalue weighted by molar-refractivity contribution is 0.623. The van der Waals surface area contributed by atoms with Crippen LogP contribution in [0.2, 0.25) is 0 Å². The van der Waals surface area contributed by atoms with E-state index in [2.05, 4.69) is 12.1 Å². The largest absolute Gasteiger partial charge is 0.207 e. The van der Waals surface area contributed by atoms with Gasteiger partial charge in [0.25, 0.3) is 0 Å². The van der Waals surface area contributed by atoms with E-state index < -0.39 is 5.41 Å². The van der Waals surface area contributed by atoms with E-state index in [9.17, 15) is 14.9 Å². The molecule has 0 amide bonds. The van der Waals surface area contributed by atoms with Crippen LogP contribution in [0.15, 0.2) is 54.6 Å². The Balaban J connectivity index is 2.42. The molecule has 0 aliphatic rings. The van der Waals surface area contributed by atoms with Gasteiger partial charge in [-0.05, 0) is 23.3 Å². The number of rotatable bonds is 3. The Hall–Kier alpha value is -2.65. The Bertz CT molecular complexity index is 619. The summed E-state index contributed by atoms with van der Waals surface area (Å²) in [5.74, 6) is -0.381. The second-order valence-corrected chi connectivity index (χ2v) is 4.30. The van der Waals surface area contributed by atoms with Crippen molar-refractivity contribution in [2.45, 2.75) is 11.8 Å². The summed E-state index contributed by atoms with van der Waals surface area (Å²) in [6, 6.07) is 19.0. The molecule has 2 aromatic carbocycles. The maximum Gasteiger partial charge on any atom is 0.172 e. The molecule has 0 aliphatic carbocycles. The Morgan fingerprint density at radius 1 is 0.895 bits per heavy atom. The van der Waals surface area contributed by atoms with Crippen molar-refractivity contribution in [3.8, 4) is 12.1 Å². The van der Waals surface area contributed by atoms with E-state index in [1.807, 2.05) is 30.3 Å². The van der Waals surface area contributed by atoms with Crippen LogP contribution >= 0.6 is 0 Å². The number of nitrogens with zero attached hydrogens (tertiary/aromatic N) is 2. The minimum Gasteiger partial charge on any atom is -0.207 e. The van der Waals surface area contributed by atoms with Crippen LogP contribution in [-0.2, 0) is 11.8 Å². The Morgan fingerprint density at radius 3 is 2.00 bits per heavy atom. The molecule has 0 saturated heterocycles. The maximum absolute atomic E-state index is 12.9. The normalized spacial score (nSPS) is 10.5. The van der Waals surface area contributed by atoms with Crippen LogP contribution in [0.1, 0.15) is 11.1 Å². The first-order valence-electron chi connectivity index (χ1n) is 5.83. The quantitative estimate of drug-likeness (QED) is 0.838. The SMILES string of the molecule is N#CC(C#N)(Cc1ccccc1)c1ccc(F)cc1. The topological polar surface area (TPSA) is 47.6 Å². The molecule has 0 spiro atoms. The molecule has 0 fully saturated rings. The lowest BCUT2D eigenvalue weighted by Gasteiger charge is -2.19. The van der Waals surface area contributed by atoms with Crippen LogP contribution in [-0.4, -0.2) is 0 Å². The average Bonchev–Trinajstić information content (AvgIpc) is 2.47. The summed E-state index contributed by atoms with van der Waals surface area (Å²) in [6.07, 6.45) is 0.284. The van der Waals surface area contributed by atoms with Crippen molar-refractivity contribution >= 4 is 0 Å². The zero-order valence-electron chi connectivity index (χ0n) is 10.2. The Morgan fingerprint density at radius 2 is 1.47 bits per heavy atom. The van der Waals surface area contributed by atoms with E-state index >= 15 is 0 Å². The Labute approximate surface area is 111 Å². The molecule has 3 heteroatoms. The second-order valence-electron chi connectivity index (χ2n) is 4.30. The van der Waals surface area contributed by atoms with Crippen molar-refractivity contribution in [1.29, 1.82) is 10.5 Å². The highest BCUT2D eigenvalue weighted by atomic mass is 19.1. The van der Waals surface area contributed by atoms with Crippen LogP contribution in [0, 0.1) is 28.5 Å². The van der Waals surface area contributed by atoms with Gasteiger partial charge in [0, 0.05) is 6.42 Å². The molecule has 0 atom stereocenters. The van der Waals surface area contributed by atoms with Crippen LogP contribution in [0.5, 0.6) is 0 Å². The smallest absolute Gasteiger partial charge is 0.172 e. The summed E-state index contributed by atoms with van der Waals surface area (Å²) in [5, 5.41) is 18.8. The zero-order chi connectivity index (χ0) is 13.7. The molecule has 0 saturated carbocycles. The predicted octanol–water partition coefficient (Wildman–Crippen LogP) is 3.35. The third-order valence-corrected chi connectivity index (χ3v) is 3.03. The molecule has 2 aromatic rings. The fraction of sp³-hybridized carbons (Fsp3) is 0.125. The van der Waals surface area contributed by atoms with Gasteiger partial charge in [0.05, 0.1) is 12.1 Å². The van der Waals surface area contributed by atoms with Crippen LogP contribution < -0.4 is 0 Å². The molecular formula is C16H11FN2. The first kappa shape index (κ1) is 12.8. The summed E-state index contributed by atoms with van der Waals surface area (Å²) in [7, 11) is 0. The molecule has 0 bridgehead atoms. The molecule has 2 nitrogen and oxygen atoms in total. The van der Waals surface area contributed by atoms with Gasteiger partial charge in [-0.25, -0.2) is 4.39 Å². The van der Waals surface area contributed by atoms with Gasteiger partial charge in [0.1, 0.15) is 5.82 Å². The first-order valence-corrected chi connectivity index (χ1v) is 5.83. The lowest BCUT2D eigenvalue weighted by atomic mass is 9.78. The van der Waals surface area contributed by atoms with Gasteiger partial charge in [-0.2, -0.15) is 10.5 Å². The third-order valence-electron chi connectivity index (χ3n) is 3.03. The first-order chi connectivity index (χ1) is 9.20. The average molecular weight is 250 g/mol. The van der Waals surface area contributed by atoms with E-state index in [4.69, 9.17) is 0 Å². The molecule has 0 radical (unpaired) electrons. The molecule has 0 aromatic heterocycles. The van der Waals surface area contributed by atoms with E-state index in [-0.39, 0.29) is 12.2 Å². The van der Waals surface area contributed by atoms with Crippen molar-refractivity contribution in [3.63, 3.8) is 0 Å². The molecule has 0 unspecified atom stereocenters. The maximum atomic E-state index is 12.9. The molecular weight excluding hydrogens is 239 g/mol. The van der Waals surface area contributed by atoms with Gasteiger partial charge >= 0.3 is 0 Å². The van der Waals surface area contributed by atoms with Crippen LogP contribution in [0.4, 0.5) is 4.39 Å². The summed E-state index contributed by atoms with van der Waals surface area (Å²) < 4.78 is 12.9. The molecule has 92 valence electrons. The number of nitriles is 2. The highest BCUT2D eigenvalue weighted by Crippen LogP contribution is 2.27. The van der Waals surface area contributed by atoms with Gasteiger partial charge < -0.3 is 0 Å². The number of benzene rings is 2. The zero-order valence-corrected chi connectivity index (χ0v) is 10.2. The standard InChI is InChI=1S/C16H11FN2/c17-15-8-6-14(7-9-15)16(11-18,12-19)10-13-4-2-1-3-5-13/h1-9H,10H2. The number of hydrogen-bond acceptors (Lipinski definition) is 2. The van der Waals surface area contributed by atoms with Crippen LogP contribution in [0.3, 0.4) is 0 Å². The predicted molar refractivity (Wildman–Crippen MR) is 69.5 cm³/mol. The van der Waals surface area contributed by atoms with E-state index in [1.165, 1.54) is 24.3 Å². The number of halogens is 1. The lowest BCUT2D eigenvalue weighted by Crippen LogP contribution is -2.25. The van der Waals surface area contributed by atoms with Gasteiger partial charge in [0.2, 0.25) is 0 Å². The van der Waals surface area contributed by atoms with E-state index in [1.54, 1.807) is 0 Å². The highest BCUT2D eigenvalue weighted by molar-refractivity contribution is 5.42. The molecule has 0 heterocycles. The second kappa shape index (κ2) is 5.33. The van der Waals surface area contributed by atoms with Gasteiger partial charge in [0.15, 0.2) is 5.41 Å². The van der Waals surface area contributed by atoms with Crippen molar-refractivity contribution in [2.75, 3.05) is 0 Å². The molecule has 0 aliphatic heterocycles. The highest BCUT2D eigenvalue weighted by Gasteiger charge is 2.32. The minimum atomic E-state index is -1.28. The van der Waals surface area contributed by atoms with Crippen LogP contribution in [0.25, 0.3) is 0 Å². The molecule has 19 heavy (non-hydrogen) atoms. The summed E-state index contributed by atoms with van der Waals surface area (Å²) in [6.45, 7) is 0. The van der Waals surface area contributed by atoms with E-state index in [0.29, 0.717) is 5.56 Å². The summed E-state index contributed by atoms with van der Waals surface area (Å²) in [4.78, 5) is 0. The Kier molecular flexibility index (Phi) is 3.59. The summed E-state index contributed by atoms with van der Waals surface area (Å²) >= 11 is 0. The molecule has 2 rings (SSSR count).